The summed E-state index contributed by atoms with van der Waals surface area (Å²) in [4.78, 5) is 18.5. The summed E-state index contributed by atoms with van der Waals surface area (Å²) in [7, 11) is 1.66. The fraction of sp³-hybridized carbons (Fsp3) is 0.562. The topological polar surface area (TPSA) is 77.2 Å². The van der Waals surface area contributed by atoms with Crippen LogP contribution in [-0.2, 0) is 11.3 Å². The molecule has 1 saturated heterocycles. The minimum absolute atomic E-state index is 0.0951. The van der Waals surface area contributed by atoms with E-state index in [0.29, 0.717) is 12.4 Å². The van der Waals surface area contributed by atoms with Crippen LogP contribution in [0.4, 0.5) is 10.6 Å². The molecular formula is C16H24N6O2. The van der Waals surface area contributed by atoms with Crippen molar-refractivity contribution in [2.45, 2.75) is 38.4 Å². The molecule has 1 fully saturated rings. The van der Waals surface area contributed by atoms with E-state index in [4.69, 9.17) is 4.74 Å². The number of rotatable bonds is 6. The molecule has 0 spiro atoms. The van der Waals surface area contributed by atoms with Gasteiger partial charge >= 0.3 is 6.03 Å². The van der Waals surface area contributed by atoms with E-state index in [9.17, 15) is 4.79 Å². The number of ether oxygens (including phenoxy) is 1. The number of amides is 2. The zero-order valence-electron chi connectivity index (χ0n) is 14.1. The second-order valence-corrected chi connectivity index (χ2v) is 6.16. The molecule has 2 aromatic rings. The smallest absolute Gasteiger partial charge is 0.323 e. The van der Waals surface area contributed by atoms with Gasteiger partial charge in [0.15, 0.2) is 5.82 Å². The lowest BCUT2D eigenvalue weighted by atomic mass is 10.2. The van der Waals surface area contributed by atoms with Gasteiger partial charge in [-0.25, -0.2) is 9.78 Å². The first-order chi connectivity index (χ1) is 11.7. The van der Waals surface area contributed by atoms with Gasteiger partial charge in [0.2, 0.25) is 0 Å². The Morgan fingerprint density at radius 2 is 2.38 bits per heavy atom. The van der Waals surface area contributed by atoms with Crippen LogP contribution in [0.2, 0.25) is 0 Å². The Morgan fingerprint density at radius 1 is 1.50 bits per heavy atom. The molecule has 3 heterocycles. The summed E-state index contributed by atoms with van der Waals surface area (Å²) in [5, 5.41) is 7.30. The Labute approximate surface area is 141 Å². The number of carbonyl (C=O) groups is 1. The fourth-order valence-electron chi connectivity index (χ4n) is 3.08. The Kier molecular flexibility index (Phi) is 5.14. The summed E-state index contributed by atoms with van der Waals surface area (Å²) in [6, 6.07) is 2.03. The normalized spacial score (nSPS) is 18.8. The van der Waals surface area contributed by atoms with Crippen molar-refractivity contribution in [1.82, 2.24) is 24.2 Å². The van der Waals surface area contributed by atoms with Crippen LogP contribution in [0.15, 0.2) is 31.0 Å². The molecule has 130 valence electrons. The zero-order valence-corrected chi connectivity index (χ0v) is 14.1. The first kappa shape index (κ1) is 16.5. The van der Waals surface area contributed by atoms with Crippen LogP contribution in [0, 0.1) is 0 Å². The van der Waals surface area contributed by atoms with Gasteiger partial charge in [-0.15, -0.1) is 0 Å². The van der Waals surface area contributed by atoms with Crippen LogP contribution in [0.3, 0.4) is 0 Å². The van der Waals surface area contributed by atoms with Gasteiger partial charge in [-0.2, -0.15) is 5.10 Å². The lowest BCUT2D eigenvalue weighted by molar-refractivity contribution is 0.157. The van der Waals surface area contributed by atoms with Crippen molar-refractivity contribution < 1.29 is 9.53 Å². The highest BCUT2D eigenvalue weighted by molar-refractivity contribution is 5.88. The van der Waals surface area contributed by atoms with Gasteiger partial charge < -0.3 is 14.2 Å². The van der Waals surface area contributed by atoms with Crippen LogP contribution >= 0.6 is 0 Å². The fourth-order valence-corrected chi connectivity index (χ4v) is 3.08. The van der Waals surface area contributed by atoms with Crippen molar-refractivity contribution in [3.63, 3.8) is 0 Å². The first-order valence-corrected chi connectivity index (χ1v) is 8.25. The maximum atomic E-state index is 12.6. The number of imidazole rings is 1. The highest BCUT2D eigenvalue weighted by Gasteiger charge is 2.29. The molecular weight excluding hydrogens is 308 g/mol. The molecule has 0 aliphatic carbocycles. The van der Waals surface area contributed by atoms with Gasteiger partial charge in [-0.1, -0.05) is 0 Å². The number of hydrogen-bond donors (Lipinski definition) is 1. The van der Waals surface area contributed by atoms with E-state index in [0.717, 1.165) is 25.9 Å². The quantitative estimate of drug-likeness (QED) is 0.877. The van der Waals surface area contributed by atoms with Gasteiger partial charge in [0.25, 0.3) is 0 Å². The van der Waals surface area contributed by atoms with Crippen LogP contribution in [0.1, 0.15) is 25.8 Å². The van der Waals surface area contributed by atoms with Crippen LogP contribution in [0.5, 0.6) is 0 Å². The summed E-state index contributed by atoms with van der Waals surface area (Å²) < 4.78 is 8.94. The third-order valence-electron chi connectivity index (χ3n) is 4.32. The number of carbonyl (C=O) groups excluding carboxylic acids is 1. The van der Waals surface area contributed by atoms with Crippen molar-refractivity contribution in [1.29, 1.82) is 0 Å². The molecule has 2 atom stereocenters. The number of likely N-dealkylation sites (tertiary alicyclic amines) is 1. The lowest BCUT2D eigenvalue weighted by Gasteiger charge is -2.24. The second kappa shape index (κ2) is 7.48. The monoisotopic (exact) mass is 332 g/mol. The third kappa shape index (κ3) is 3.76. The number of anilines is 1. The molecule has 1 aliphatic heterocycles. The summed E-state index contributed by atoms with van der Waals surface area (Å²) >= 11 is 0. The van der Waals surface area contributed by atoms with E-state index in [1.807, 2.05) is 34.9 Å². The minimum atomic E-state index is -0.0951. The molecule has 8 heteroatoms. The van der Waals surface area contributed by atoms with Gasteiger partial charge in [0, 0.05) is 44.9 Å². The van der Waals surface area contributed by atoms with E-state index in [1.54, 1.807) is 24.3 Å². The largest absolute Gasteiger partial charge is 0.382 e. The number of hydrogen-bond acceptors (Lipinski definition) is 4. The van der Waals surface area contributed by atoms with Crippen molar-refractivity contribution in [3.8, 4) is 0 Å². The van der Waals surface area contributed by atoms with Crippen molar-refractivity contribution in [3.05, 3.63) is 31.0 Å². The molecule has 2 amide bonds. The van der Waals surface area contributed by atoms with E-state index in [-0.39, 0.29) is 18.1 Å². The van der Waals surface area contributed by atoms with Gasteiger partial charge in [0.1, 0.15) is 0 Å². The van der Waals surface area contributed by atoms with Crippen LogP contribution < -0.4 is 5.32 Å². The molecule has 0 radical (unpaired) electrons. The summed E-state index contributed by atoms with van der Waals surface area (Å²) in [6.45, 7) is 4.14. The average Bonchev–Trinajstić information content (AvgIpc) is 3.29. The third-order valence-corrected chi connectivity index (χ3v) is 4.32. The first-order valence-electron chi connectivity index (χ1n) is 8.25. The minimum Gasteiger partial charge on any atom is -0.382 e. The summed E-state index contributed by atoms with van der Waals surface area (Å²) in [5.74, 6) is 0.566. The zero-order chi connectivity index (χ0) is 16.9. The SMILES string of the molecule is COC[C@H](C)n1ccc(NC(=O)N2CCC[C@H]2Cn2ccnc2)n1. The van der Waals surface area contributed by atoms with E-state index in [1.165, 1.54) is 0 Å². The van der Waals surface area contributed by atoms with E-state index < -0.39 is 0 Å². The lowest BCUT2D eigenvalue weighted by Crippen LogP contribution is -2.40. The number of aromatic nitrogens is 4. The molecule has 2 aromatic heterocycles. The van der Waals surface area contributed by atoms with Crippen LogP contribution in [-0.4, -0.2) is 56.6 Å². The molecule has 3 rings (SSSR count). The van der Waals surface area contributed by atoms with E-state index >= 15 is 0 Å². The van der Waals surface area contributed by atoms with Crippen LogP contribution in [0.25, 0.3) is 0 Å². The Bertz CT molecular complexity index is 653. The molecule has 1 N–H and O–H groups in total. The highest BCUT2D eigenvalue weighted by atomic mass is 16.5. The highest BCUT2D eigenvalue weighted by Crippen LogP contribution is 2.20. The Hall–Kier alpha value is -2.35. The summed E-state index contributed by atoms with van der Waals surface area (Å²) in [6.07, 6.45) is 9.34. The second-order valence-electron chi connectivity index (χ2n) is 6.16. The number of urea groups is 1. The standard InChI is InChI=1S/C16H24N6O2/c1-13(11-24-2)22-8-5-15(19-22)18-16(23)21-7-3-4-14(21)10-20-9-6-17-12-20/h5-6,8-9,12-14H,3-4,7,10-11H2,1-2H3,(H,18,19,23)/t13-,14-/m0/s1. The van der Waals surface area contributed by atoms with E-state index in [2.05, 4.69) is 15.4 Å². The maximum Gasteiger partial charge on any atom is 0.323 e. The number of methoxy groups -OCH3 is 1. The van der Waals surface area contributed by atoms with Gasteiger partial charge in [-0.05, 0) is 19.8 Å². The molecule has 8 nitrogen and oxygen atoms in total. The average molecular weight is 332 g/mol. The Morgan fingerprint density at radius 3 is 3.12 bits per heavy atom. The number of nitrogens with one attached hydrogen (secondary N) is 1. The maximum absolute atomic E-state index is 12.6. The molecule has 24 heavy (non-hydrogen) atoms. The van der Waals surface area contributed by atoms with Gasteiger partial charge in [-0.3, -0.25) is 10.00 Å². The summed E-state index contributed by atoms with van der Waals surface area (Å²) in [5.41, 5.74) is 0. The predicted molar refractivity (Wildman–Crippen MR) is 89.8 cm³/mol. The Balaban J connectivity index is 1.59. The van der Waals surface area contributed by atoms with Crippen molar-refractivity contribution in [2.24, 2.45) is 0 Å². The molecule has 0 saturated carbocycles. The molecule has 0 unspecified atom stereocenters. The van der Waals surface area contributed by atoms with Crippen molar-refractivity contribution in [2.75, 3.05) is 25.6 Å². The van der Waals surface area contributed by atoms with Crippen molar-refractivity contribution >= 4 is 11.8 Å². The molecule has 1 aliphatic rings. The molecule has 0 aromatic carbocycles. The van der Waals surface area contributed by atoms with Gasteiger partial charge in [0.05, 0.1) is 25.0 Å². The predicted octanol–water partition coefficient (Wildman–Crippen LogP) is 1.98. The molecule has 0 bridgehead atoms. The number of nitrogens with zero attached hydrogens (tertiary/aromatic N) is 5.